The van der Waals surface area contributed by atoms with Gasteiger partial charge in [0, 0.05) is 21.8 Å². The van der Waals surface area contributed by atoms with Crippen molar-refractivity contribution in [2.24, 2.45) is 10.2 Å². The van der Waals surface area contributed by atoms with Crippen LogP contribution in [-0.2, 0) is 9.59 Å². The molecule has 1 aromatic heterocycles. The molecule has 0 spiro atoms. The topological polar surface area (TPSA) is 116 Å². The quantitative estimate of drug-likeness (QED) is 0.429. The maximum Gasteiger partial charge on any atom is 0.305 e. The predicted octanol–water partition coefficient (Wildman–Crippen LogP) is 3.34. The Bertz CT molecular complexity index is 1250. The van der Waals surface area contributed by atoms with Crippen LogP contribution in [0.1, 0.15) is 23.1 Å². The first-order valence-electron chi connectivity index (χ1n) is 9.27. The van der Waals surface area contributed by atoms with Crippen LogP contribution in [0.2, 0.25) is 0 Å². The summed E-state index contributed by atoms with van der Waals surface area (Å²) in [6, 6.07) is 7.96. The molecule has 1 aliphatic heterocycles. The minimum absolute atomic E-state index is 0.252. The summed E-state index contributed by atoms with van der Waals surface area (Å²) in [5, 5.41) is 21.4. The van der Waals surface area contributed by atoms with Crippen molar-refractivity contribution in [3.05, 3.63) is 41.0 Å². The lowest BCUT2D eigenvalue weighted by Crippen LogP contribution is -2.26. The second-order valence-corrected chi connectivity index (χ2v) is 8.23. The van der Waals surface area contributed by atoms with Gasteiger partial charge in [0.15, 0.2) is 5.17 Å². The molecule has 1 fully saturated rings. The van der Waals surface area contributed by atoms with Gasteiger partial charge in [0.05, 0.1) is 19.7 Å². The highest BCUT2D eigenvalue weighted by Gasteiger charge is 2.32. The number of aromatic nitrogens is 1. The van der Waals surface area contributed by atoms with Gasteiger partial charge in [-0.2, -0.15) is 5.10 Å². The number of amidine groups is 1. The van der Waals surface area contributed by atoms with Gasteiger partial charge in [-0.15, -0.1) is 5.10 Å². The molecule has 1 aliphatic rings. The first kappa shape index (κ1) is 20.0. The first-order valence-corrected chi connectivity index (χ1v) is 10.2. The van der Waals surface area contributed by atoms with E-state index in [0.717, 1.165) is 56.0 Å². The zero-order chi connectivity index (χ0) is 21.4. The van der Waals surface area contributed by atoms with E-state index in [2.05, 4.69) is 20.5 Å². The highest BCUT2D eigenvalue weighted by Crippen LogP contribution is 2.34. The lowest BCUT2D eigenvalue weighted by Gasteiger charge is -2.06. The number of nitrogens with zero attached hydrogens (tertiary/aromatic N) is 2. The minimum atomic E-state index is -1.03. The number of carboxylic acids is 1. The lowest BCUT2D eigenvalue weighted by atomic mass is 9.99. The molecule has 9 heteroatoms. The van der Waals surface area contributed by atoms with Gasteiger partial charge in [0.25, 0.3) is 0 Å². The number of hydrogen-bond acceptors (Lipinski definition) is 6. The summed E-state index contributed by atoms with van der Waals surface area (Å²) < 4.78 is 5.37. The number of benzene rings is 2. The normalized spacial score (nSPS) is 18.0. The fourth-order valence-electron chi connectivity index (χ4n) is 3.56. The highest BCUT2D eigenvalue weighted by atomic mass is 32.2. The molecule has 1 atom stereocenters. The van der Waals surface area contributed by atoms with Crippen LogP contribution >= 0.6 is 11.8 Å². The maximum absolute atomic E-state index is 11.8. The van der Waals surface area contributed by atoms with Crippen molar-refractivity contribution >= 4 is 56.8 Å². The van der Waals surface area contributed by atoms with E-state index < -0.39 is 11.2 Å². The molecule has 1 unspecified atom stereocenters. The molecule has 0 aliphatic carbocycles. The van der Waals surface area contributed by atoms with Crippen molar-refractivity contribution < 1.29 is 19.4 Å². The number of fused-ring (bicyclic) bond motifs is 3. The van der Waals surface area contributed by atoms with Crippen molar-refractivity contribution in [1.82, 2.24) is 10.3 Å². The van der Waals surface area contributed by atoms with E-state index in [0.29, 0.717) is 5.17 Å². The third kappa shape index (κ3) is 3.63. The molecule has 0 saturated carbocycles. The Balaban J connectivity index is 1.68. The first-order chi connectivity index (χ1) is 14.4. The SMILES string of the molecule is COc1ccc2[nH]c3c(C)cc(C=NN=C4NC(=O)C(CC(=O)O)S4)c(C)c3c2c1. The van der Waals surface area contributed by atoms with Crippen LogP contribution in [0.4, 0.5) is 0 Å². The van der Waals surface area contributed by atoms with E-state index in [1.54, 1.807) is 13.3 Å². The number of thioether (sulfide) groups is 1. The minimum Gasteiger partial charge on any atom is -0.497 e. The van der Waals surface area contributed by atoms with Crippen LogP contribution in [0.3, 0.4) is 0 Å². The number of carbonyl (C=O) groups excluding carboxylic acids is 1. The third-order valence-corrected chi connectivity index (χ3v) is 6.13. The number of carboxylic acid groups (broad SMARTS) is 1. The summed E-state index contributed by atoms with van der Waals surface area (Å²) in [5.41, 5.74) is 5.12. The second-order valence-electron chi connectivity index (χ2n) is 7.04. The van der Waals surface area contributed by atoms with E-state index >= 15 is 0 Å². The van der Waals surface area contributed by atoms with Gasteiger partial charge < -0.3 is 20.1 Å². The number of amides is 1. The van der Waals surface area contributed by atoms with Crippen LogP contribution < -0.4 is 10.1 Å². The molecule has 0 radical (unpaired) electrons. The monoisotopic (exact) mass is 424 g/mol. The fraction of sp³-hybridized carbons (Fsp3) is 0.238. The largest absolute Gasteiger partial charge is 0.497 e. The molecule has 154 valence electrons. The van der Waals surface area contributed by atoms with Gasteiger partial charge in [-0.05, 0) is 54.8 Å². The van der Waals surface area contributed by atoms with Crippen molar-refractivity contribution in [1.29, 1.82) is 0 Å². The molecule has 30 heavy (non-hydrogen) atoms. The molecular weight excluding hydrogens is 404 g/mol. The number of H-pyrrole nitrogens is 1. The Kier molecular flexibility index (Phi) is 5.21. The highest BCUT2D eigenvalue weighted by molar-refractivity contribution is 8.15. The number of aromatic amines is 1. The van der Waals surface area contributed by atoms with E-state index in [-0.39, 0.29) is 12.3 Å². The predicted molar refractivity (Wildman–Crippen MR) is 119 cm³/mol. The van der Waals surface area contributed by atoms with Crippen molar-refractivity contribution in [3.8, 4) is 5.75 Å². The number of ether oxygens (including phenoxy) is 1. The number of carbonyl (C=O) groups is 2. The van der Waals surface area contributed by atoms with Gasteiger partial charge in [-0.25, -0.2) is 0 Å². The van der Waals surface area contributed by atoms with Crippen molar-refractivity contribution in [2.45, 2.75) is 25.5 Å². The fourth-order valence-corrected chi connectivity index (χ4v) is 4.48. The van der Waals surface area contributed by atoms with Crippen LogP contribution in [0, 0.1) is 13.8 Å². The maximum atomic E-state index is 11.8. The van der Waals surface area contributed by atoms with Crippen LogP contribution in [0.25, 0.3) is 21.8 Å². The van der Waals surface area contributed by atoms with E-state index in [1.165, 1.54) is 0 Å². The molecule has 1 amide bonds. The molecule has 3 aromatic rings. The molecule has 2 aromatic carbocycles. The number of hydrogen-bond donors (Lipinski definition) is 3. The smallest absolute Gasteiger partial charge is 0.305 e. The summed E-state index contributed by atoms with van der Waals surface area (Å²) in [5.74, 6) is -0.601. The summed E-state index contributed by atoms with van der Waals surface area (Å²) >= 11 is 1.08. The van der Waals surface area contributed by atoms with Crippen molar-refractivity contribution in [2.75, 3.05) is 7.11 Å². The molecule has 3 N–H and O–H groups in total. The van der Waals surface area contributed by atoms with Gasteiger partial charge in [-0.3, -0.25) is 9.59 Å². The summed E-state index contributed by atoms with van der Waals surface area (Å²) in [6.07, 6.45) is 1.39. The Morgan fingerprint density at radius 2 is 2.13 bits per heavy atom. The van der Waals surface area contributed by atoms with E-state index in [1.807, 2.05) is 38.1 Å². The molecule has 4 rings (SSSR count). The van der Waals surface area contributed by atoms with E-state index in [9.17, 15) is 9.59 Å². The average Bonchev–Trinajstić information content (AvgIpc) is 3.25. The summed E-state index contributed by atoms with van der Waals surface area (Å²) in [4.78, 5) is 26.1. The van der Waals surface area contributed by atoms with Crippen LogP contribution in [0.5, 0.6) is 5.75 Å². The number of nitrogens with one attached hydrogen (secondary N) is 2. The van der Waals surface area contributed by atoms with Gasteiger partial charge in [0.2, 0.25) is 5.91 Å². The third-order valence-electron chi connectivity index (χ3n) is 5.06. The summed E-state index contributed by atoms with van der Waals surface area (Å²) in [6.45, 7) is 4.05. The second kappa shape index (κ2) is 7.83. The Morgan fingerprint density at radius 3 is 2.87 bits per heavy atom. The zero-order valence-electron chi connectivity index (χ0n) is 16.6. The molecule has 8 nitrogen and oxygen atoms in total. The molecule has 1 saturated heterocycles. The lowest BCUT2D eigenvalue weighted by molar-refractivity contribution is -0.138. The van der Waals surface area contributed by atoms with Gasteiger partial charge in [-0.1, -0.05) is 11.8 Å². The van der Waals surface area contributed by atoms with Crippen LogP contribution in [0.15, 0.2) is 34.5 Å². The van der Waals surface area contributed by atoms with E-state index in [4.69, 9.17) is 9.84 Å². The number of aliphatic carboxylic acids is 1. The molecular formula is C21H20N4O4S. The Labute approximate surface area is 176 Å². The number of aryl methyl sites for hydroxylation is 2. The molecule has 0 bridgehead atoms. The Morgan fingerprint density at radius 1 is 1.33 bits per heavy atom. The standard InChI is InChI=1S/C21H20N4O4S/c1-10-6-12(9-22-25-21-24-20(28)16(30-21)8-17(26)27)11(2)18-14-7-13(29-3)4-5-15(14)23-19(10)18/h4-7,9,16,23H,8H2,1-3H3,(H,26,27)(H,24,25,28). The number of methoxy groups -OCH3 is 1. The average molecular weight is 424 g/mol. The van der Waals surface area contributed by atoms with Crippen molar-refractivity contribution in [3.63, 3.8) is 0 Å². The summed E-state index contributed by atoms with van der Waals surface area (Å²) in [7, 11) is 1.65. The van der Waals surface area contributed by atoms with Gasteiger partial charge >= 0.3 is 5.97 Å². The molecule has 2 heterocycles. The van der Waals surface area contributed by atoms with Crippen LogP contribution in [-0.4, -0.2) is 45.7 Å². The zero-order valence-corrected chi connectivity index (χ0v) is 17.5. The number of rotatable bonds is 5. The van der Waals surface area contributed by atoms with Gasteiger partial charge in [0.1, 0.15) is 11.0 Å². The Hall–Kier alpha value is -3.33.